The number of halogens is 2. The molecule has 0 heterocycles. The maximum atomic E-state index is 9.65. The van der Waals surface area contributed by atoms with Crippen molar-refractivity contribution in [2.45, 2.75) is 18.9 Å². The van der Waals surface area contributed by atoms with Gasteiger partial charge >= 0.3 is 0 Å². The molecule has 1 aromatic rings. The maximum Gasteiger partial charge on any atom is 0.172 e. The summed E-state index contributed by atoms with van der Waals surface area (Å²) in [5.74, 6) is 1.19. The summed E-state index contributed by atoms with van der Waals surface area (Å²) in [6, 6.07) is 3.72. The predicted molar refractivity (Wildman–Crippen MR) is 69.3 cm³/mol. The van der Waals surface area contributed by atoms with Crippen molar-refractivity contribution in [1.29, 1.82) is 0 Å². The molecule has 1 aromatic carbocycles. The van der Waals surface area contributed by atoms with E-state index in [9.17, 15) is 5.11 Å². The highest BCUT2D eigenvalue weighted by Crippen LogP contribution is 2.43. The molecule has 0 bridgehead atoms. The third-order valence-corrected chi connectivity index (χ3v) is 3.39. The van der Waals surface area contributed by atoms with Gasteiger partial charge in [0.15, 0.2) is 11.5 Å². The van der Waals surface area contributed by atoms with E-state index in [0.717, 1.165) is 5.56 Å². The molecule has 0 radical (unpaired) electrons. The quantitative estimate of drug-likeness (QED) is 0.902. The van der Waals surface area contributed by atoms with Crippen molar-refractivity contribution in [3.63, 3.8) is 0 Å². The van der Waals surface area contributed by atoms with Crippen LogP contribution in [-0.4, -0.2) is 12.2 Å². The molecule has 90 valence electrons. The lowest BCUT2D eigenvalue weighted by molar-refractivity contribution is 0.370. The first-order valence-electron chi connectivity index (χ1n) is 4.95. The number of phenols is 1. The number of ether oxygens (including phenoxy) is 1. The van der Waals surface area contributed by atoms with E-state index in [-0.39, 0.29) is 24.2 Å². The van der Waals surface area contributed by atoms with E-state index in [0.29, 0.717) is 16.1 Å². The second-order valence-electron chi connectivity index (χ2n) is 3.92. The number of benzene rings is 1. The van der Waals surface area contributed by atoms with E-state index in [1.54, 1.807) is 0 Å². The Balaban J connectivity index is 0.00000128. The van der Waals surface area contributed by atoms with E-state index >= 15 is 0 Å². The molecule has 3 N–H and O–H groups in total. The molecule has 16 heavy (non-hydrogen) atoms. The molecule has 1 aliphatic rings. The van der Waals surface area contributed by atoms with Crippen LogP contribution in [0.15, 0.2) is 16.6 Å². The first-order valence-corrected chi connectivity index (χ1v) is 5.74. The fraction of sp³-hybridized carbons (Fsp3) is 0.455. The third-order valence-electron chi connectivity index (χ3n) is 2.79. The first-order chi connectivity index (χ1) is 7.13. The normalized spacial score (nSPS) is 16.4. The van der Waals surface area contributed by atoms with Crippen LogP contribution in [0.2, 0.25) is 0 Å². The monoisotopic (exact) mass is 307 g/mol. The second kappa shape index (κ2) is 5.25. The molecule has 0 saturated heterocycles. The highest BCUT2D eigenvalue weighted by molar-refractivity contribution is 9.10. The summed E-state index contributed by atoms with van der Waals surface area (Å²) < 4.78 is 5.71. The van der Waals surface area contributed by atoms with Gasteiger partial charge in [0.1, 0.15) is 0 Å². The van der Waals surface area contributed by atoms with Gasteiger partial charge in [-0.05, 0) is 52.4 Å². The minimum atomic E-state index is 0. The molecule has 0 aromatic heterocycles. The van der Waals surface area contributed by atoms with E-state index in [1.807, 2.05) is 12.1 Å². The molecule has 2 rings (SSSR count). The number of hydrogen-bond donors (Lipinski definition) is 2. The molecule has 0 spiro atoms. The van der Waals surface area contributed by atoms with Gasteiger partial charge in [0, 0.05) is 6.04 Å². The van der Waals surface area contributed by atoms with Gasteiger partial charge in [-0.2, -0.15) is 0 Å². The average Bonchev–Trinajstić information content (AvgIpc) is 3.04. The predicted octanol–water partition coefficient (Wildman–Crippen LogP) is 2.99. The van der Waals surface area contributed by atoms with Crippen molar-refractivity contribution < 1.29 is 9.84 Å². The molecular formula is C11H15BrClNO2. The lowest BCUT2D eigenvalue weighted by Gasteiger charge is -2.14. The zero-order chi connectivity index (χ0) is 11.0. The van der Waals surface area contributed by atoms with Gasteiger partial charge in [0.2, 0.25) is 0 Å². The van der Waals surface area contributed by atoms with Crippen molar-refractivity contribution in [1.82, 2.24) is 0 Å². The lowest BCUT2D eigenvalue weighted by atomic mass is 10.0. The van der Waals surface area contributed by atoms with Crippen LogP contribution in [0.25, 0.3) is 0 Å². The average molecular weight is 309 g/mol. The van der Waals surface area contributed by atoms with Crippen molar-refractivity contribution in [2.24, 2.45) is 11.7 Å². The Labute approximate surface area is 110 Å². The summed E-state index contributed by atoms with van der Waals surface area (Å²) in [7, 11) is 1.54. The van der Waals surface area contributed by atoms with Crippen molar-refractivity contribution >= 4 is 28.3 Å². The van der Waals surface area contributed by atoms with Crippen LogP contribution in [0, 0.1) is 5.92 Å². The van der Waals surface area contributed by atoms with Crippen LogP contribution in [0.4, 0.5) is 0 Å². The van der Waals surface area contributed by atoms with Crippen LogP contribution in [-0.2, 0) is 0 Å². The maximum absolute atomic E-state index is 9.65. The molecular weight excluding hydrogens is 293 g/mol. The summed E-state index contributed by atoms with van der Waals surface area (Å²) in [5, 5.41) is 9.65. The Kier molecular flexibility index (Phi) is 4.47. The second-order valence-corrected chi connectivity index (χ2v) is 4.77. The smallest absolute Gasteiger partial charge is 0.172 e. The summed E-state index contributed by atoms with van der Waals surface area (Å²) >= 11 is 3.29. The Morgan fingerprint density at radius 2 is 2.12 bits per heavy atom. The molecule has 0 unspecified atom stereocenters. The van der Waals surface area contributed by atoms with Gasteiger partial charge in [-0.1, -0.05) is 0 Å². The van der Waals surface area contributed by atoms with E-state index in [2.05, 4.69) is 15.9 Å². The molecule has 1 atom stereocenters. The van der Waals surface area contributed by atoms with Crippen molar-refractivity contribution in [2.75, 3.05) is 7.11 Å². The highest BCUT2D eigenvalue weighted by Gasteiger charge is 2.30. The molecule has 0 aliphatic heterocycles. The lowest BCUT2D eigenvalue weighted by Crippen LogP contribution is -2.12. The van der Waals surface area contributed by atoms with Crippen LogP contribution in [0.1, 0.15) is 24.4 Å². The molecule has 0 amide bonds. The Morgan fingerprint density at radius 1 is 1.50 bits per heavy atom. The van der Waals surface area contributed by atoms with Crippen LogP contribution in [0.5, 0.6) is 11.5 Å². The number of methoxy groups -OCH3 is 1. The Bertz CT molecular complexity index is 382. The number of aromatic hydroxyl groups is 1. The Hall–Kier alpha value is -0.450. The fourth-order valence-corrected chi connectivity index (χ4v) is 2.13. The molecule has 1 aliphatic carbocycles. The topological polar surface area (TPSA) is 55.5 Å². The standard InChI is InChI=1S/C11H14BrNO2.ClH/c1-15-9-5-7(4-8(12)11(9)14)10(13)6-2-3-6;/h4-6,10,14H,2-3,13H2,1H3;1H/t10-;/m0./s1. The summed E-state index contributed by atoms with van der Waals surface area (Å²) in [6.07, 6.45) is 2.39. The third kappa shape index (κ3) is 2.62. The van der Waals surface area contributed by atoms with Crippen LogP contribution < -0.4 is 10.5 Å². The summed E-state index contributed by atoms with van der Waals surface area (Å²) in [4.78, 5) is 0. The van der Waals surface area contributed by atoms with Crippen LogP contribution in [0.3, 0.4) is 0 Å². The zero-order valence-electron chi connectivity index (χ0n) is 8.94. The molecule has 1 fully saturated rings. The van der Waals surface area contributed by atoms with E-state index in [4.69, 9.17) is 10.5 Å². The largest absolute Gasteiger partial charge is 0.503 e. The number of hydrogen-bond acceptors (Lipinski definition) is 3. The van der Waals surface area contributed by atoms with Crippen molar-refractivity contribution in [3.05, 3.63) is 22.2 Å². The van der Waals surface area contributed by atoms with Gasteiger partial charge < -0.3 is 15.6 Å². The SMILES string of the molecule is COc1cc([C@@H](N)C2CC2)cc(Br)c1O.Cl. The number of phenolic OH excluding ortho intramolecular Hbond substituents is 1. The molecule has 3 nitrogen and oxygen atoms in total. The molecule has 5 heteroatoms. The van der Waals surface area contributed by atoms with Gasteiger partial charge in [-0.3, -0.25) is 0 Å². The van der Waals surface area contributed by atoms with Crippen LogP contribution >= 0.6 is 28.3 Å². The summed E-state index contributed by atoms with van der Waals surface area (Å²) in [5.41, 5.74) is 7.10. The fourth-order valence-electron chi connectivity index (χ4n) is 1.67. The van der Waals surface area contributed by atoms with Gasteiger partial charge in [0.25, 0.3) is 0 Å². The number of rotatable bonds is 3. The van der Waals surface area contributed by atoms with E-state index < -0.39 is 0 Å². The minimum absolute atomic E-state index is 0. The van der Waals surface area contributed by atoms with Gasteiger partial charge in [-0.25, -0.2) is 0 Å². The van der Waals surface area contributed by atoms with Gasteiger partial charge in [0.05, 0.1) is 11.6 Å². The first kappa shape index (κ1) is 13.6. The zero-order valence-corrected chi connectivity index (χ0v) is 11.3. The summed E-state index contributed by atoms with van der Waals surface area (Å²) in [6.45, 7) is 0. The van der Waals surface area contributed by atoms with Crippen molar-refractivity contribution in [3.8, 4) is 11.5 Å². The van der Waals surface area contributed by atoms with E-state index in [1.165, 1.54) is 20.0 Å². The molecule has 1 saturated carbocycles. The highest BCUT2D eigenvalue weighted by atomic mass is 79.9. The number of nitrogens with two attached hydrogens (primary N) is 1. The Morgan fingerprint density at radius 3 is 2.62 bits per heavy atom. The van der Waals surface area contributed by atoms with Gasteiger partial charge in [-0.15, -0.1) is 12.4 Å². The minimum Gasteiger partial charge on any atom is -0.503 e.